The summed E-state index contributed by atoms with van der Waals surface area (Å²) >= 11 is 1.58. The molecule has 1 aromatic carbocycles. The van der Waals surface area contributed by atoms with Crippen LogP contribution in [-0.4, -0.2) is 19.8 Å². The molecule has 0 spiro atoms. The molecule has 0 amide bonds. The summed E-state index contributed by atoms with van der Waals surface area (Å²) in [5, 5.41) is 1.96. The molecule has 0 bridgehead atoms. The van der Waals surface area contributed by atoms with Crippen molar-refractivity contribution in [3.8, 4) is 0 Å². The van der Waals surface area contributed by atoms with E-state index in [4.69, 9.17) is 0 Å². The number of hydrogen-bond acceptors (Lipinski definition) is 3. The number of thiophene rings is 1. The maximum Gasteiger partial charge on any atom is 0.243 e. The molecular weight excluding hydrogens is 290 g/mol. The fourth-order valence-corrected chi connectivity index (χ4v) is 4.63. The topological polar surface area (TPSA) is 37.4 Å². The summed E-state index contributed by atoms with van der Waals surface area (Å²) in [5.41, 5.74) is 2.49. The van der Waals surface area contributed by atoms with Crippen molar-refractivity contribution in [2.75, 3.05) is 7.05 Å². The maximum atomic E-state index is 12.6. The summed E-state index contributed by atoms with van der Waals surface area (Å²) in [6.45, 7) is 0.428. The Kier molecular flexibility index (Phi) is 3.67. The van der Waals surface area contributed by atoms with Gasteiger partial charge in [0, 0.05) is 18.5 Å². The second-order valence-electron chi connectivity index (χ2n) is 5.12. The van der Waals surface area contributed by atoms with Crippen LogP contribution in [-0.2, 0) is 29.4 Å². The molecule has 0 N–H and O–H groups in total. The third-order valence-electron chi connectivity index (χ3n) is 3.74. The largest absolute Gasteiger partial charge is 0.243 e. The molecule has 5 heteroatoms. The lowest BCUT2D eigenvalue weighted by Crippen LogP contribution is -2.26. The van der Waals surface area contributed by atoms with E-state index in [1.165, 1.54) is 15.4 Å². The van der Waals surface area contributed by atoms with Crippen LogP contribution < -0.4 is 0 Å². The molecule has 0 radical (unpaired) electrons. The van der Waals surface area contributed by atoms with Gasteiger partial charge in [0.05, 0.1) is 4.90 Å². The second kappa shape index (κ2) is 5.31. The van der Waals surface area contributed by atoms with Gasteiger partial charge in [0.25, 0.3) is 0 Å². The number of aryl methyl sites for hydroxylation is 2. The van der Waals surface area contributed by atoms with Gasteiger partial charge in [-0.2, -0.15) is 4.31 Å². The van der Waals surface area contributed by atoms with Crippen LogP contribution in [0.4, 0.5) is 0 Å². The summed E-state index contributed by atoms with van der Waals surface area (Å²) in [5.74, 6) is 0. The molecule has 0 atom stereocenters. The van der Waals surface area contributed by atoms with Crippen LogP contribution in [0, 0.1) is 0 Å². The average molecular weight is 307 g/mol. The van der Waals surface area contributed by atoms with Gasteiger partial charge in [-0.25, -0.2) is 8.42 Å². The van der Waals surface area contributed by atoms with E-state index in [0.717, 1.165) is 24.1 Å². The van der Waals surface area contributed by atoms with Crippen molar-refractivity contribution >= 4 is 21.4 Å². The number of rotatable bonds is 4. The quantitative estimate of drug-likeness (QED) is 0.870. The summed E-state index contributed by atoms with van der Waals surface area (Å²) in [7, 11) is -1.76. The van der Waals surface area contributed by atoms with Crippen molar-refractivity contribution < 1.29 is 8.42 Å². The molecule has 0 aliphatic heterocycles. The van der Waals surface area contributed by atoms with E-state index in [0.29, 0.717) is 11.4 Å². The zero-order valence-corrected chi connectivity index (χ0v) is 13.0. The van der Waals surface area contributed by atoms with E-state index in [2.05, 4.69) is 0 Å². The highest BCUT2D eigenvalue weighted by molar-refractivity contribution is 7.89. The summed E-state index contributed by atoms with van der Waals surface area (Å²) < 4.78 is 26.6. The van der Waals surface area contributed by atoms with Crippen molar-refractivity contribution in [2.24, 2.45) is 0 Å². The first-order chi connectivity index (χ1) is 9.57. The Labute approximate surface area is 123 Å². The molecule has 3 rings (SSSR count). The van der Waals surface area contributed by atoms with Gasteiger partial charge in [0.2, 0.25) is 10.0 Å². The van der Waals surface area contributed by atoms with Crippen molar-refractivity contribution in [3.63, 3.8) is 0 Å². The van der Waals surface area contributed by atoms with E-state index >= 15 is 0 Å². The number of hydrogen-bond donors (Lipinski definition) is 0. The second-order valence-corrected chi connectivity index (χ2v) is 8.20. The summed E-state index contributed by atoms with van der Waals surface area (Å²) in [6, 6.07) is 9.45. The minimum Gasteiger partial charge on any atom is -0.207 e. The lowest BCUT2D eigenvalue weighted by Gasteiger charge is -2.17. The molecule has 1 heterocycles. The van der Waals surface area contributed by atoms with Crippen molar-refractivity contribution in [1.29, 1.82) is 0 Å². The highest BCUT2D eigenvalue weighted by atomic mass is 32.2. The first kappa shape index (κ1) is 13.8. The SMILES string of the molecule is CN(Cc1cccs1)S(=O)(=O)c1ccc2c(c1)CCC2. The number of fused-ring (bicyclic) bond motifs is 1. The van der Waals surface area contributed by atoms with Gasteiger partial charge in [-0.05, 0) is 54.0 Å². The Morgan fingerprint density at radius 1 is 1.20 bits per heavy atom. The van der Waals surface area contributed by atoms with E-state index < -0.39 is 10.0 Å². The third-order valence-corrected chi connectivity index (χ3v) is 6.40. The number of benzene rings is 1. The smallest absolute Gasteiger partial charge is 0.207 e. The Morgan fingerprint density at radius 3 is 2.75 bits per heavy atom. The molecule has 1 aliphatic carbocycles. The predicted octanol–water partition coefficient (Wildman–Crippen LogP) is 3.06. The Balaban J connectivity index is 1.87. The maximum absolute atomic E-state index is 12.6. The molecule has 3 nitrogen and oxygen atoms in total. The lowest BCUT2D eigenvalue weighted by atomic mass is 10.1. The normalized spacial score (nSPS) is 14.7. The fourth-order valence-electron chi connectivity index (χ4n) is 2.60. The van der Waals surface area contributed by atoms with Gasteiger partial charge >= 0.3 is 0 Å². The van der Waals surface area contributed by atoms with Gasteiger partial charge in [0.15, 0.2) is 0 Å². The summed E-state index contributed by atoms with van der Waals surface area (Å²) in [6.07, 6.45) is 3.19. The third kappa shape index (κ3) is 2.53. The van der Waals surface area contributed by atoms with Crippen LogP contribution in [0.3, 0.4) is 0 Å². The van der Waals surface area contributed by atoms with Crippen LogP contribution in [0.25, 0.3) is 0 Å². The number of sulfonamides is 1. The minimum absolute atomic E-state index is 0.414. The number of nitrogens with zero attached hydrogens (tertiary/aromatic N) is 1. The molecule has 0 unspecified atom stereocenters. The van der Waals surface area contributed by atoms with E-state index in [1.54, 1.807) is 24.5 Å². The predicted molar refractivity (Wildman–Crippen MR) is 81.4 cm³/mol. The zero-order valence-electron chi connectivity index (χ0n) is 11.4. The molecular formula is C15H17NO2S2. The van der Waals surface area contributed by atoms with Crippen LogP contribution in [0.2, 0.25) is 0 Å². The zero-order chi connectivity index (χ0) is 14.2. The highest BCUT2D eigenvalue weighted by Gasteiger charge is 2.23. The molecule has 1 aliphatic rings. The first-order valence-corrected chi connectivity index (χ1v) is 9.00. The van der Waals surface area contributed by atoms with Crippen molar-refractivity contribution in [3.05, 3.63) is 51.7 Å². The van der Waals surface area contributed by atoms with Crippen LogP contribution in [0.5, 0.6) is 0 Å². The van der Waals surface area contributed by atoms with E-state index in [-0.39, 0.29) is 0 Å². The van der Waals surface area contributed by atoms with E-state index in [9.17, 15) is 8.42 Å². The van der Waals surface area contributed by atoms with Gasteiger partial charge in [0.1, 0.15) is 0 Å². The molecule has 0 saturated heterocycles. The Hall–Kier alpha value is -1.17. The van der Waals surface area contributed by atoms with Crippen molar-refractivity contribution in [1.82, 2.24) is 4.31 Å². The van der Waals surface area contributed by atoms with Crippen LogP contribution >= 0.6 is 11.3 Å². The molecule has 1 aromatic heterocycles. The van der Waals surface area contributed by atoms with Gasteiger partial charge in [-0.15, -0.1) is 11.3 Å². The molecule has 0 saturated carbocycles. The summed E-state index contributed by atoms with van der Waals surface area (Å²) in [4.78, 5) is 1.47. The van der Waals surface area contributed by atoms with E-state index in [1.807, 2.05) is 29.6 Å². The van der Waals surface area contributed by atoms with Crippen LogP contribution in [0.1, 0.15) is 22.4 Å². The minimum atomic E-state index is -3.40. The highest BCUT2D eigenvalue weighted by Crippen LogP contribution is 2.26. The van der Waals surface area contributed by atoms with Crippen molar-refractivity contribution in [2.45, 2.75) is 30.7 Å². The Morgan fingerprint density at radius 2 is 2.00 bits per heavy atom. The first-order valence-electron chi connectivity index (χ1n) is 6.68. The Bertz CT molecular complexity index is 705. The van der Waals surface area contributed by atoms with Gasteiger partial charge in [-0.1, -0.05) is 12.1 Å². The fraction of sp³-hybridized carbons (Fsp3) is 0.333. The molecule has 20 heavy (non-hydrogen) atoms. The molecule has 0 fully saturated rings. The van der Waals surface area contributed by atoms with Crippen LogP contribution in [0.15, 0.2) is 40.6 Å². The van der Waals surface area contributed by atoms with Gasteiger partial charge < -0.3 is 0 Å². The molecule has 106 valence electrons. The molecule has 2 aromatic rings. The standard InChI is InChI=1S/C15H17NO2S2/c1-16(11-14-6-3-9-19-14)20(17,18)15-8-7-12-4-2-5-13(12)10-15/h3,6-10H,2,4-5,11H2,1H3. The van der Waals surface area contributed by atoms with Gasteiger partial charge in [-0.3, -0.25) is 0 Å². The monoisotopic (exact) mass is 307 g/mol. The lowest BCUT2D eigenvalue weighted by molar-refractivity contribution is 0.469. The average Bonchev–Trinajstić information content (AvgIpc) is 3.07.